The molecule has 26 heavy (non-hydrogen) atoms. The number of aryl methyl sites for hydroxylation is 1. The van der Waals surface area contributed by atoms with Crippen molar-refractivity contribution in [2.45, 2.75) is 31.0 Å². The molecule has 1 amide bonds. The number of carbonyl (C=O) groups is 1. The van der Waals surface area contributed by atoms with Gasteiger partial charge in [0.2, 0.25) is 0 Å². The Morgan fingerprint density at radius 2 is 2.15 bits per heavy atom. The molecule has 3 heterocycles. The third kappa shape index (κ3) is 2.41. The third-order valence-electron chi connectivity index (χ3n) is 5.15. The molecule has 3 aromatic heterocycles. The van der Waals surface area contributed by atoms with E-state index >= 15 is 0 Å². The van der Waals surface area contributed by atoms with Crippen LogP contribution in [0.25, 0.3) is 11.2 Å². The topological polar surface area (TPSA) is 128 Å². The zero-order chi connectivity index (χ0) is 18.4. The predicted molar refractivity (Wildman–Crippen MR) is 93.1 cm³/mol. The molecule has 0 radical (unpaired) electrons. The molecule has 0 unspecified atom stereocenters. The van der Waals surface area contributed by atoms with Gasteiger partial charge in [-0.1, -0.05) is 0 Å². The summed E-state index contributed by atoms with van der Waals surface area (Å²) in [7, 11) is 3.43. The molecule has 0 saturated heterocycles. The Bertz CT molecular complexity index is 964. The standard InChI is InChI=1S/C16H20N8O2/c1-22(16(26)11-5-6-21-23(11)2)9-3-4-10(13(9)25)24-8-20-12-14(17)18-7-19-15(12)24/h5-10,13,25H,3-4H2,1-2H3,(H2,17,18,19)/t9-,10+,13+/m1/s1. The molecule has 136 valence electrons. The summed E-state index contributed by atoms with van der Waals surface area (Å²) >= 11 is 0. The van der Waals surface area contributed by atoms with E-state index < -0.39 is 6.10 Å². The molecule has 4 rings (SSSR count). The third-order valence-corrected chi connectivity index (χ3v) is 5.15. The first-order chi connectivity index (χ1) is 12.5. The Hall–Kier alpha value is -3.01. The van der Waals surface area contributed by atoms with Crippen molar-refractivity contribution < 1.29 is 9.90 Å². The fourth-order valence-corrected chi connectivity index (χ4v) is 3.69. The summed E-state index contributed by atoms with van der Waals surface area (Å²) in [6.07, 6.45) is 5.21. The van der Waals surface area contributed by atoms with Crippen LogP contribution < -0.4 is 5.73 Å². The van der Waals surface area contributed by atoms with Crippen molar-refractivity contribution >= 4 is 22.9 Å². The van der Waals surface area contributed by atoms with Crippen LogP contribution in [0.1, 0.15) is 29.4 Å². The first-order valence-electron chi connectivity index (χ1n) is 8.35. The number of hydrogen-bond acceptors (Lipinski definition) is 7. The number of nitrogens with zero attached hydrogens (tertiary/aromatic N) is 7. The first kappa shape index (κ1) is 16.5. The number of fused-ring (bicyclic) bond motifs is 1. The number of aliphatic hydroxyl groups excluding tert-OH is 1. The lowest BCUT2D eigenvalue weighted by Gasteiger charge is -2.29. The SMILES string of the molecule is CN(C(=O)c1ccnn1C)[C@@H]1CC[C@H](n2cnc3c(N)ncnc32)[C@H]1O. The number of likely N-dealkylation sites (N-methyl/N-ethyl adjacent to an activating group) is 1. The molecule has 1 aliphatic carbocycles. The second kappa shape index (κ2) is 6.06. The maximum absolute atomic E-state index is 12.7. The van der Waals surface area contributed by atoms with E-state index in [1.54, 1.807) is 37.6 Å². The summed E-state index contributed by atoms with van der Waals surface area (Å²) < 4.78 is 3.35. The molecule has 0 spiro atoms. The number of aliphatic hydroxyl groups is 1. The average molecular weight is 356 g/mol. The Kier molecular flexibility index (Phi) is 3.83. The molecule has 10 heteroatoms. The fourth-order valence-electron chi connectivity index (χ4n) is 3.69. The summed E-state index contributed by atoms with van der Waals surface area (Å²) in [5, 5.41) is 14.9. The highest BCUT2D eigenvalue weighted by Crippen LogP contribution is 2.35. The van der Waals surface area contributed by atoms with E-state index in [0.29, 0.717) is 35.5 Å². The number of amides is 1. The Balaban J connectivity index is 1.60. The predicted octanol–water partition coefficient (Wildman–Crippen LogP) is -0.0214. The number of carbonyl (C=O) groups excluding carboxylic acids is 1. The Morgan fingerprint density at radius 3 is 2.88 bits per heavy atom. The largest absolute Gasteiger partial charge is 0.389 e. The van der Waals surface area contributed by atoms with Gasteiger partial charge in [0.1, 0.15) is 17.5 Å². The number of hydrogen-bond donors (Lipinski definition) is 2. The number of anilines is 1. The van der Waals surface area contributed by atoms with Gasteiger partial charge in [-0.2, -0.15) is 5.10 Å². The summed E-state index contributed by atoms with van der Waals surface area (Å²) in [6.45, 7) is 0. The quantitative estimate of drug-likeness (QED) is 0.675. The van der Waals surface area contributed by atoms with Crippen molar-refractivity contribution in [1.29, 1.82) is 0 Å². The van der Waals surface area contributed by atoms with E-state index in [-0.39, 0.29) is 18.0 Å². The lowest BCUT2D eigenvalue weighted by Crippen LogP contribution is -2.44. The van der Waals surface area contributed by atoms with Gasteiger partial charge < -0.3 is 20.3 Å². The fraction of sp³-hybridized carbons (Fsp3) is 0.438. The van der Waals surface area contributed by atoms with Crippen molar-refractivity contribution in [2.75, 3.05) is 12.8 Å². The van der Waals surface area contributed by atoms with Crippen LogP contribution in [0.4, 0.5) is 5.82 Å². The van der Waals surface area contributed by atoms with Crippen LogP contribution in [0.5, 0.6) is 0 Å². The van der Waals surface area contributed by atoms with Gasteiger partial charge in [0.25, 0.3) is 5.91 Å². The maximum Gasteiger partial charge on any atom is 0.272 e. The van der Waals surface area contributed by atoms with E-state index in [2.05, 4.69) is 20.1 Å². The summed E-state index contributed by atoms with van der Waals surface area (Å²) in [5.41, 5.74) is 7.42. The van der Waals surface area contributed by atoms with Crippen LogP contribution in [0.2, 0.25) is 0 Å². The molecule has 0 aliphatic heterocycles. The zero-order valence-electron chi connectivity index (χ0n) is 14.5. The highest BCUT2D eigenvalue weighted by Gasteiger charge is 2.40. The van der Waals surface area contributed by atoms with Gasteiger partial charge in [-0.05, 0) is 18.9 Å². The number of imidazole rings is 1. The first-order valence-corrected chi connectivity index (χ1v) is 8.35. The van der Waals surface area contributed by atoms with Crippen molar-refractivity contribution in [3.63, 3.8) is 0 Å². The molecule has 0 bridgehead atoms. The monoisotopic (exact) mass is 356 g/mol. The Labute approximate surface area is 149 Å². The van der Waals surface area contributed by atoms with Crippen molar-refractivity contribution in [1.82, 2.24) is 34.2 Å². The van der Waals surface area contributed by atoms with Crippen LogP contribution in [0.3, 0.4) is 0 Å². The molecular weight excluding hydrogens is 336 g/mol. The summed E-state index contributed by atoms with van der Waals surface area (Å²) in [4.78, 5) is 26.7. The zero-order valence-corrected chi connectivity index (χ0v) is 14.5. The van der Waals surface area contributed by atoms with Gasteiger partial charge in [0.15, 0.2) is 11.5 Å². The average Bonchev–Trinajstić information content (AvgIpc) is 3.32. The molecule has 10 nitrogen and oxygen atoms in total. The van der Waals surface area contributed by atoms with Crippen molar-refractivity contribution in [3.05, 3.63) is 30.6 Å². The summed E-state index contributed by atoms with van der Waals surface area (Å²) in [5.74, 6) is 0.137. The minimum absolute atomic E-state index is 0.170. The molecule has 3 aromatic rings. The van der Waals surface area contributed by atoms with Crippen molar-refractivity contribution in [3.8, 4) is 0 Å². The molecule has 1 fully saturated rings. The van der Waals surface area contributed by atoms with Crippen LogP contribution in [-0.4, -0.2) is 64.4 Å². The molecular formula is C16H20N8O2. The normalized spacial score (nSPS) is 22.8. The maximum atomic E-state index is 12.7. The van der Waals surface area contributed by atoms with Gasteiger partial charge in [-0.15, -0.1) is 0 Å². The minimum atomic E-state index is -0.745. The smallest absolute Gasteiger partial charge is 0.272 e. The molecule has 3 atom stereocenters. The molecule has 1 saturated carbocycles. The van der Waals surface area contributed by atoms with E-state index in [1.165, 1.54) is 11.0 Å². The van der Waals surface area contributed by atoms with Gasteiger partial charge in [-0.25, -0.2) is 15.0 Å². The number of aromatic nitrogens is 6. The molecule has 0 aromatic carbocycles. The van der Waals surface area contributed by atoms with Crippen molar-refractivity contribution in [2.24, 2.45) is 7.05 Å². The van der Waals surface area contributed by atoms with E-state index in [1.807, 2.05) is 4.57 Å². The van der Waals surface area contributed by atoms with Crippen LogP contribution in [-0.2, 0) is 7.05 Å². The molecule has 1 aliphatic rings. The summed E-state index contributed by atoms with van der Waals surface area (Å²) in [6, 6.07) is 1.13. The second-order valence-corrected chi connectivity index (χ2v) is 6.54. The number of nitrogen functional groups attached to an aromatic ring is 1. The highest BCUT2D eigenvalue weighted by atomic mass is 16.3. The van der Waals surface area contributed by atoms with Crippen LogP contribution in [0, 0.1) is 0 Å². The number of nitrogens with two attached hydrogens (primary N) is 1. The van der Waals surface area contributed by atoms with Crippen LogP contribution in [0.15, 0.2) is 24.9 Å². The van der Waals surface area contributed by atoms with E-state index in [9.17, 15) is 9.90 Å². The van der Waals surface area contributed by atoms with Gasteiger partial charge in [0.05, 0.1) is 24.5 Å². The minimum Gasteiger partial charge on any atom is -0.389 e. The Morgan fingerprint density at radius 1 is 1.35 bits per heavy atom. The highest BCUT2D eigenvalue weighted by molar-refractivity contribution is 5.92. The second-order valence-electron chi connectivity index (χ2n) is 6.54. The lowest BCUT2D eigenvalue weighted by molar-refractivity contribution is 0.0439. The van der Waals surface area contributed by atoms with Gasteiger partial charge in [-0.3, -0.25) is 9.48 Å². The van der Waals surface area contributed by atoms with E-state index in [4.69, 9.17) is 5.73 Å². The number of rotatable bonds is 3. The lowest BCUT2D eigenvalue weighted by atomic mass is 10.1. The molecule has 3 N–H and O–H groups in total. The van der Waals surface area contributed by atoms with Crippen LogP contribution >= 0.6 is 0 Å². The van der Waals surface area contributed by atoms with E-state index in [0.717, 1.165) is 0 Å². The van der Waals surface area contributed by atoms with Gasteiger partial charge >= 0.3 is 0 Å². The van der Waals surface area contributed by atoms with Gasteiger partial charge in [0, 0.05) is 20.3 Å².